The number of rotatable bonds is 2. The Kier molecular flexibility index (Phi) is 3.28. The highest BCUT2D eigenvalue weighted by Gasteiger charge is 2.14. The second-order valence-electron chi connectivity index (χ2n) is 3.80. The average molecular weight is 261 g/mol. The van der Waals surface area contributed by atoms with Crippen molar-refractivity contribution >= 4 is 28.4 Å². The van der Waals surface area contributed by atoms with Crippen molar-refractivity contribution in [3.05, 3.63) is 18.2 Å². The number of anilines is 1. The fourth-order valence-corrected chi connectivity index (χ4v) is 1.55. The molecule has 0 saturated carbocycles. The highest BCUT2D eigenvalue weighted by Crippen LogP contribution is 2.30. The van der Waals surface area contributed by atoms with Crippen molar-refractivity contribution in [1.82, 2.24) is 10.2 Å². The topological polar surface area (TPSA) is 104 Å². The number of aromatic nitrogens is 2. The molecule has 98 valence electrons. The Hall–Kier alpha value is -2.70. The molecule has 1 heterocycles. The van der Waals surface area contributed by atoms with Crippen molar-refractivity contribution in [2.75, 3.05) is 5.73 Å². The zero-order valence-electron chi connectivity index (χ0n) is 10.3. The van der Waals surface area contributed by atoms with Gasteiger partial charge in [-0.1, -0.05) is 0 Å². The van der Waals surface area contributed by atoms with Crippen molar-refractivity contribution in [2.45, 2.75) is 13.8 Å². The average Bonchev–Trinajstić information content (AvgIpc) is 2.31. The number of esters is 2. The van der Waals surface area contributed by atoms with Crippen LogP contribution < -0.4 is 15.2 Å². The normalized spacial score (nSPS) is 10.2. The Morgan fingerprint density at radius 1 is 1.00 bits per heavy atom. The summed E-state index contributed by atoms with van der Waals surface area (Å²) in [4.78, 5) is 22.0. The summed E-state index contributed by atoms with van der Waals surface area (Å²) in [5, 5.41) is 8.36. The van der Waals surface area contributed by atoms with Gasteiger partial charge in [0.25, 0.3) is 0 Å². The largest absolute Gasteiger partial charge is 0.405 e. The zero-order chi connectivity index (χ0) is 14.0. The number of hydrogen-bond acceptors (Lipinski definition) is 7. The molecule has 0 amide bonds. The minimum absolute atomic E-state index is 0.0192. The van der Waals surface area contributed by atoms with Gasteiger partial charge in [-0.3, -0.25) is 9.59 Å². The Morgan fingerprint density at radius 2 is 1.53 bits per heavy atom. The van der Waals surface area contributed by atoms with Crippen LogP contribution >= 0.6 is 0 Å². The molecule has 1 aromatic heterocycles. The van der Waals surface area contributed by atoms with Gasteiger partial charge in [-0.2, -0.15) is 0 Å². The summed E-state index contributed by atoms with van der Waals surface area (Å²) in [6.07, 6.45) is 0. The zero-order valence-corrected chi connectivity index (χ0v) is 10.3. The first kappa shape index (κ1) is 12.7. The molecule has 0 radical (unpaired) electrons. The predicted octanol–water partition coefficient (Wildman–Crippen LogP) is 1.06. The Bertz CT molecular complexity index is 669. The third-order valence-corrected chi connectivity index (χ3v) is 2.22. The molecule has 2 aromatic rings. The van der Waals surface area contributed by atoms with Crippen LogP contribution in [0.25, 0.3) is 10.8 Å². The standard InChI is InChI=1S/C12H11N3O4/c1-6(16)18-11-9-4-3-8(13)5-10(9)12(15-14-11)19-7(2)17/h3-5H,13H2,1-2H3. The maximum Gasteiger partial charge on any atom is 0.309 e. The summed E-state index contributed by atoms with van der Waals surface area (Å²) in [6, 6.07) is 4.80. The number of ether oxygens (including phenoxy) is 2. The third kappa shape index (κ3) is 2.76. The van der Waals surface area contributed by atoms with Crippen LogP contribution in [-0.2, 0) is 9.59 Å². The molecule has 0 atom stereocenters. The molecule has 2 rings (SSSR count). The molecule has 0 spiro atoms. The van der Waals surface area contributed by atoms with Crippen molar-refractivity contribution in [3.8, 4) is 11.8 Å². The fraction of sp³-hybridized carbons (Fsp3) is 0.167. The number of nitrogens with zero attached hydrogens (tertiary/aromatic N) is 2. The molecular weight excluding hydrogens is 250 g/mol. The molecule has 1 aromatic carbocycles. The molecule has 19 heavy (non-hydrogen) atoms. The van der Waals surface area contributed by atoms with Crippen LogP contribution in [0.3, 0.4) is 0 Å². The first-order valence-electron chi connectivity index (χ1n) is 5.40. The predicted molar refractivity (Wildman–Crippen MR) is 66.6 cm³/mol. The Labute approximate surface area is 108 Å². The van der Waals surface area contributed by atoms with Crippen molar-refractivity contribution in [2.24, 2.45) is 0 Å². The van der Waals surface area contributed by atoms with E-state index in [4.69, 9.17) is 15.2 Å². The minimum Gasteiger partial charge on any atom is -0.405 e. The van der Waals surface area contributed by atoms with Crippen LogP contribution in [0.5, 0.6) is 11.8 Å². The van der Waals surface area contributed by atoms with Crippen LogP contribution in [0, 0.1) is 0 Å². The van der Waals surface area contributed by atoms with E-state index in [2.05, 4.69) is 10.2 Å². The van der Waals surface area contributed by atoms with Gasteiger partial charge in [0.05, 0.1) is 10.8 Å². The van der Waals surface area contributed by atoms with E-state index in [0.717, 1.165) is 0 Å². The van der Waals surface area contributed by atoms with E-state index in [-0.39, 0.29) is 11.8 Å². The summed E-state index contributed by atoms with van der Waals surface area (Å²) < 4.78 is 9.87. The summed E-state index contributed by atoms with van der Waals surface area (Å²) in [7, 11) is 0. The van der Waals surface area contributed by atoms with Gasteiger partial charge in [0, 0.05) is 19.5 Å². The first-order valence-corrected chi connectivity index (χ1v) is 5.40. The van der Waals surface area contributed by atoms with Gasteiger partial charge in [-0.15, -0.1) is 10.2 Å². The maximum atomic E-state index is 11.0. The molecule has 2 N–H and O–H groups in total. The molecule has 7 nitrogen and oxygen atoms in total. The summed E-state index contributed by atoms with van der Waals surface area (Å²) in [5.74, 6) is -0.991. The van der Waals surface area contributed by atoms with Crippen molar-refractivity contribution in [1.29, 1.82) is 0 Å². The maximum absolute atomic E-state index is 11.0. The van der Waals surface area contributed by atoms with Gasteiger partial charge in [0.1, 0.15) is 0 Å². The van der Waals surface area contributed by atoms with Gasteiger partial charge in [0.2, 0.25) is 11.8 Å². The van der Waals surface area contributed by atoms with Crippen LogP contribution in [0.15, 0.2) is 18.2 Å². The van der Waals surface area contributed by atoms with E-state index in [1.807, 2.05) is 0 Å². The molecule has 0 fully saturated rings. The number of carbonyl (C=O) groups is 2. The molecule has 0 bridgehead atoms. The number of hydrogen-bond donors (Lipinski definition) is 1. The molecule has 0 unspecified atom stereocenters. The number of fused-ring (bicyclic) bond motifs is 1. The van der Waals surface area contributed by atoms with E-state index < -0.39 is 11.9 Å². The van der Waals surface area contributed by atoms with Crippen LogP contribution in [0.2, 0.25) is 0 Å². The van der Waals surface area contributed by atoms with Crippen LogP contribution in [0.4, 0.5) is 5.69 Å². The summed E-state index contributed by atoms with van der Waals surface area (Å²) in [6.45, 7) is 2.50. The van der Waals surface area contributed by atoms with Crippen LogP contribution in [-0.4, -0.2) is 22.1 Å². The smallest absolute Gasteiger partial charge is 0.309 e. The second kappa shape index (κ2) is 4.89. The van der Waals surface area contributed by atoms with Crippen molar-refractivity contribution in [3.63, 3.8) is 0 Å². The first-order chi connectivity index (χ1) is 8.97. The molecular formula is C12H11N3O4. The van der Waals surface area contributed by atoms with E-state index in [1.165, 1.54) is 13.8 Å². The van der Waals surface area contributed by atoms with Gasteiger partial charge < -0.3 is 15.2 Å². The van der Waals surface area contributed by atoms with Gasteiger partial charge in [0.15, 0.2) is 0 Å². The van der Waals surface area contributed by atoms with E-state index in [9.17, 15) is 9.59 Å². The number of nitrogen functional groups attached to an aromatic ring is 1. The van der Waals surface area contributed by atoms with Gasteiger partial charge in [-0.25, -0.2) is 0 Å². The lowest BCUT2D eigenvalue weighted by Gasteiger charge is -2.08. The van der Waals surface area contributed by atoms with Gasteiger partial charge in [-0.05, 0) is 18.2 Å². The molecule has 0 aliphatic heterocycles. The highest BCUT2D eigenvalue weighted by atomic mass is 16.6. The molecule has 0 aliphatic carbocycles. The molecule has 7 heteroatoms. The third-order valence-electron chi connectivity index (χ3n) is 2.22. The fourth-order valence-electron chi connectivity index (χ4n) is 1.55. The lowest BCUT2D eigenvalue weighted by atomic mass is 10.1. The lowest BCUT2D eigenvalue weighted by molar-refractivity contribution is -0.133. The number of nitrogens with two attached hydrogens (primary N) is 1. The molecule has 0 saturated heterocycles. The highest BCUT2D eigenvalue weighted by molar-refractivity contribution is 5.94. The van der Waals surface area contributed by atoms with Crippen molar-refractivity contribution < 1.29 is 19.1 Å². The summed E-state index contributed by atoms with van der Waals surface area (Å²) in [5.41, 5.74) is 6.14. The van der Waals surface area contributed by atoms with E-state index >= 15 is 0 Å². The number of benzene rings is 1. The lowest BCUT2D eigenvalue weighted by Crippen LogP contribution is -2.08. The molecule has 0 aliphatic rings. The quantitative estimate of drug-likeness (QED) is 0.636. The summed E-state index contributed by atoms with van der Waals surface area (Å²) >= 11 is 0. The number of carbonyl (C=O) groups excluding carboxylic acids is 2. The van der Waals surface area contributed by atoms with Crippen LogP contribution in [0.1, 0.15) is 13.8 Å². The minimum atomic E-state index is -0.529. The van der Waals surface area contributed by atoms with E-state index in [0.29, 0.717) is 16.5 Å². The second-order valence-corrected chi connectivity index (χ2v) is 3.80. The Balaban J connectivity index is 2.64. The monoisotopic (exact) mass is 261 g/mol. The van der Waals surface area contributed by atoms with Gasteiger partial charge >= 0.3 is 11.9 Å². The Morgan fingerprint density at radius 3 is 2.05 bits per heavy atom. The SMILES string of the molecule is CC(=O)Oc1nnc(OC(C)=O)c2cc(N)ccc12. The van der Waals surface area contributed by atoms with E-state index in [1.54, 1.807) is 18.2 Å².